The van der Waals surface area contributed by atoms with Crippen molar-refractivity contribution >= 4 is 29.9 Å². The molecule has 54 valence electrons. The third-order valence-electron chi connectivity index (χ3n) is 0.463. The molecule has 0 rings (SSSR count). The van der Waals surface area contributed by atoms with E-state index in [4.69, 9.17) is 10.00 Å². The predicted octanol–water partition coefficient (Wildman–Crippen LogP) is -0.911. The van der Waals surface area contributed by atoms with Crippen LogP contribution >= 0.6 is 7.60 Å². The third-order valence-corrected chi connectivity index (χ3v) is 2.99. The van der Waals surface area contributed by atoms with Crippen LogP contribution in [-0.4, -0.2) is 38.5 Å². The van der Waals surface area contributed by atoms with Crippen molar-refractivity contribution in [3.63, 3.8) is 0 Å². The molecule has 9 heavy (non-hydrogen) atoms. The second-order valence-electron chi connectivity index (χ2n) is 1.27. The molecule has 0 saturated carbocycles. The summed E-state index contributed by atoms with van der Waals surface area (Å²) in [6, 6.07) is 0. The molecule has 2 N–H and O–H groups in total. The van der Waals surface area contributed by atoms with E-state index in [1.54, 1.807) is 0 Å². The van der Waals surface area contributed by atoms with Crippen molar-refractivity contribution in [1.29, 1.82) is 0 Å². The zero-order valence-corrected chi connectivity index (χ0v) is 6.99. The number of carboxylic acids is 1. The molecule has 0 aromatic rings. The fourth-order valence-corrected chi connectivity index (χ4v) is 0.963. The van der Waals surface area contributed by atoms with E-state index in [0.717, 1.165) is 0 Å². The van der Waals surface area contributed by atoms with E-state index in [0.29, 0.717) is 0 Å². The maximum absolute atomic E-state index is 10.3. The van der Waals surface area contributed by atoms with Crippen LogP contribution in [0.2, 0.25) is 0 Å². The van der Waals surface area contributed by atoms with Crippen LogP contribution < -0.4 is 0 Å². The molecule has 0 aliphatic carbocycles. The van der Waals surface area contributed by atoms with Gasteiger partial charge in [-0.15, -0.1) is 0 Å². The number of carbonyl (C=O) groups is 1. The van der Waals surface area contributed by atoms with E-state index in [2.05, 4.69) is 3.61 Å². The Morgan fingerprint density at radius 3 is 2.33 bits per heavy atom. The van der Waals surface area contributed by atoms with E-state index in [-0.39, 0.29) is 0 Å². The van der Waals surface area contributed by atoms with Crippen LogP contribution in [0, 0.1) is 0 Å². The Bertz CT molecular complexity index is 155. The molecule has 0 aliphatic rings. The Labute approximate surface area is 59.7 Å². The zero-order valence-electron chi connectivity index (χ0n) is 4.22. The molecule has 0 fully saturated rings. The van der Waals surface area contributed by atoms with Crippen LogP contribution in [0.4, 0.5) is 0 Å². The quantitative estimate of drug-likeness (QED) is 0.474. The first kappa shape index (κ1) is 9.14. The molecule has 0 aromatic heterocycles. The van der Waals surface area contributed by atoms with E-state index < -0.39 is 19.7 Å². The SMILES string of the molecule is O=C(O)CP(=O)(O)O[SeH]. The summed E-state index contributed by atoms with van der Waals surface area (Å²) >= 11 is 1.40. The molecule has 0 amide bonds. The molecule has 0 bridgehead atoms. The average Bonchev–Trinajstić information content (AvgIpc) is 1.63. The summed E-state index contributed by atoms with van der Waals surface area (Å²) in [5, 5.41) is 7.96. The van der Waals surface area contributed by atoms with Gasteiger partial charge in [-0.3, -0.25) is 0 Å². The molecule has 0 aromatic carbocycles. The van der Waals surface area contributed by atoms with Crippen LogP contribution in [0.1, 0.15) is 0 Å². The van der Waals surface area contributed by atoms with Crippen LogP contribution in [-0.2, 0) is 13.0 Å². The second kappa shape index (κ2) is 3.34. The third kappa shape index (κ3) is 4.63. The fourth-order valence-electron chi connectivity index (χ4n) is 0.200. The van der Waals surface area contributed by atoms with Gasteiger partial charge in [-0.25, -0.2) is 0 Å². The van der Waals surface area contributed by atoms with Crippen molar-refractivity contribution < 1.29 is 23.0 Å². The van der Waals surface area contributed by atoms with Gasteiger partial charge in [0.25, 0.3) is 0 Å². The topological polar surface area (TPSA) is 83.8 Å². The van der Waals surface area contributed by atoms with Gasteiger partial charge in [0, 0.05) is 0 Å². The first-order chi connectivity index (χ1) is 3.98. The van der Waals surface area contributed by atoms with Crippen molar-refractivity contribution in [3.8, 4) is 0 Å². The van der Waals surface area contributed by atoms with Gasteiger partial charge in [-0.2, -0.15) is 0 Å². The van der Waals surface area contributed by atoms with Crippen molar-refractivity contribution in [2.75, 3.05) is 6.16 Å². The summed E-state index contributed by atoms with van der Waals surface area (Å²) in [6.45, 7) is 0. The van der Waals surface area contributed by atoms with Crippen LogP contribution in [0.5, 0.6) is 0 Å². The predicted molar refractivity (Wildman–Crippen MR) is 30.6 cm³/mol. The Morgan fingerprint density at radius 2 is 2.22 bits per heavy atom. The van der Waals surface area contributed by atoms with Crippen molar-refractivity contribution in [2.45, 2.75) is 0 Å². The first-order valence-corrected chi connectivity index (χ1v) is 4.37. The Morgan fingerprint density at radius 1 is 1.78 bits per heavy atom. The minimum absolute atomic E-state index is 0.859. The van der Waals surface area contributed by atoms with E-state index in [9.17, 15) is 9.36 Å². The van der Waals surface area contributed by atoms with E-state index in [1.165, 1.54) is 16.3 Å². The van der Waals surface area contributed by atoms with E-state index in [1.807, 2.05) is 0 Å². The number of hydrogen-bond acceptors (Lipinski definition) is 3. The average molecular weight is 219 g/mol. The Balaban J connectivity index is 3.88. The van der Waals surface area contributed by atoms with Gasteiger partial charge in [0.05, 0.1) is 0 Å². The summed E-state index contributed by atoms with van der Waals surface area (Å²) in [5.41, 5.74) is 0. The van der Waals surface area contributed by atoms with Gasteiger partial charge in [0.2, 0.25) is 0 Å². The Hall–Kier alpha value is 0.139. The van der Waals surface area contributed by atoms with Crippen LogP contribution in [0.15, 0.2) is 0 Å². The molecule has 5 nitrogen and oxygen atoms in total. The molecule has 1 unspecified atom stereocenters. The normalized spacial score (nSPS) is 16.7. The summed E-state index contributed by atoms with van der Waals surface area (Å²) in [6.07, 6.45) is -0.859. The van der Waals surface area contributed by atoms with Gasteiger partial charge >= 0.3 is 59.0 Å². The summed E-state index contributed by atoms with van der Waals surface area (Å²) in [4.78, 5) is 18.2. The maximum atomic E-state index is 10.3. The van der Waals surface area contributed by atoms with Crippen molar-refractivity contribution in [3.05, 3.63) is 0 Å². The molecule has 0 heterocycles. The van der Waals surface area contributed by atoms with Crippen molar-refractivity contribution in [2.24, 2.45) is 0 Å². The molecule has 0 saturated heterocycles. The number of aliphatic carboxylic acids is 1. The number of hydrogen-bond donors (Lipinski definition) is 2. The second-order valence-corrected chi connectivity index (χ2v) is 4.05. The standard InChI is InChI=1S/C2H5O5PSe/c3-2(4)1-8(5,6)7-9/h9H,1H2,(H,3,4)(H,5,6). The molecule has 7 heteroatoms. The zero-order chi connectivity index (χ0) is 7.49. The summed E-state index contributed by atoms with van der Waals surface area (Å²) in [7, 11) is -3.86. The molecular weight excluding hydrogens is 214 g/mol. The van der Waals surface area contributed by atoms with Gasteiger partial charge in [-0.05, 0) is 0 Å². The van der Waals surface area contributed by atoms with Crippen LogP contribution in [0.3, 0.4) is 0 Å². The molecular formula is C2H5O5PSe. The first-order valence-electron chi connectivity index (χ1n) is 1.85. The van der Waals surface area contributed by atoms with Crippen molar-refractivity contribution in [1.82, 2.24) is 0 Å². The summed E-state index contributed by atoms with van der Waals surface area (Å²) in [5.74, 6) is -1.35. The van der Waals surface area contributed by atoms with Crippen LogP contribution in [0.25, 0.3) is 0 Å². The van der Waals surface area contributed by atoms with Gasteiger partial charge in [0.15, 0.2) is 0 Å². The minimum atomic E-state index is -3.86. The molecule has 1 atom stereocenters. The summed E-state index contributed by atoms with van der Waals surface area (Å²) < 4.78 is 14.2. The van der Waals surface area contributed by atoms with Gasteiger partial charge in [-0.1, -0.05) is 0 Å². The number of carboxylic acid groups (broad SMARTS) is 1. The molecule has 0 spiro atoms. The molecule has 0 radical (unpaired) electrons. The van der Waals surface area contributed by atoms with Gasteiger partial charge in [0.1, 0.15) is 0 Å². The van der Waals surface area contributed by atoms with E-state index >= 15 is 0 Å². The number of rotatable bonds is 3. The molecule has 0 aliphatic heterocycles. The van der Waals surface area contributed by atoms with Gasteiger partial charge < -0.3 is 0 Å². The monoisotopic (exact) mass is 220 g/mol. The Kier molecular flexibility index (Phi) is 3.40. The fraction of sp³-hybridized carbons (Fsp3) is 0.500.